The lowest BCUT2D eigenvalue weighted by Crippen LogP contribution is -2.45. The summed E-state index contributed by atoms with van der Waals surface area (Å²) in [6.45, 7) is 5.04. The number of amides is 1. The van der Waals surface area contributed by atoms with Crippen LogP contribution in [0.2, 0.25) is 0 Å². The predicted molar refractivity (Wildman–Crippen MR) is 109 cm³/mol. The van der Waals surface area contributed by atoms with Gasteiger partial charge in [-0.25, -0.2) is 4.98 Å². The van der Waals surface area contributed by atoms with Crippen molar-refractivity contribution >= 4 is 11.7 Å². The normalized spacial score (nSPS) is 21.3. The second-order valence-electron chi connectivity index (χ2n) is 7.43. The van der Waals surface area contributed by atoms with E-state index in [4.69, 9.17) is 4.74 Å². The molecule has 3 rings (SSSR count). The van der Waals surface area contributed by atoms with Crippen molar-refractivity contribution in [1.29, 1.82) is 5.26 Å². The minimum Gasteiger partial charge on any atom is -0.376 e. The average molecular weight is 396 g/mol. The van der Waals surface area contributed by atoms with Crippen molar-refractivity contribution < 1.29 is 9.53 Å². The van der Waals surface area contributed by atoms with Gasteiger partial charge in [-0.2, -0.15) is 10.4 Å². The molecule has 2 aromatic rings. The van der Waals surface area contributed by atoms with Crippen LogP contribution in [-0.2, 0) is 16.1 Å². The van der Waals surface area contributed by atoms with Gasteiger partial charge in [0.15, 0.2) is 0 Å². The smallest absolute Gasteiger partial charge is 0.223 e. The molecule has 2 aromatic heterocycles. The number of carbonyl (C=O) groups is 1. The Labute approximate surface area is 171 Å². The minimum absolute atomic E-state index is 0.0135. The van der Waals surface area contributed by atoms with Gasteiger partial charge in [0.1, 0.15) is 11.9 Å². The first-order valence-corrected chi connectivity index (χ1v) is 10.1. The van der Waals surface area contributed by atoms with E-state index < -0.39 is 0 Å². The summed E-state index contributed by atoms with van der Waals surface area (Å²) in [5.41, 5.74) is 2.25. The maximum atomic E-state index is 12.6. The second kappa shape index (κ2) is 10.0. The zero-order valence-electron chi connectivity index (χ0n) is 16.9. The van der Waals surface area contributed by atoms with Crippen LogP contribution in [0.25, 0.3) is 0 Å². The molecule has 3 N–H and O–H groups in total. The van der Waals surface area contributed by atoms with Crippen molar-refractivity contribution in [2.75, 3.05) is 11.9 Å². The third kappa shape index (κ3) is 5.55. The molecule has 8 heteroatoms. The van der Waals surface area contributed by atoms with Gasteiger partial charge in [-0.3, -0.25) is 9.89 Å². The quantitative estimate of drug-likeness (QED) is 0.632. The zero-order valence-corrected chi connectivity index (χ0v) is 16.9. The van der Waals surface area contributed by atoms with E-state index in [0.29, 0.717) is 31.0 Å². The number of carbonyl (C=O) groups excluding carboxylic acids is 1. The van der Waals surface area contributed by atoms with Crippen LogP contribution in [0.4, 0.5) is 5.82 Å². The lowest BCUT2D eigenvalue weighted by molar-refractivity contribution is -0.128. The van der Waals surface area contributed by atoms with Crippen molar-refractivity contribution in [2.45, 2.75) is 58.2 Å². The van der Waals surface area contributed by atoms with Crippen LogP contribution >= 0.6 is 0 Å². The molecule has 8 nitrogen and oxygen atoms in total. The summed E-state index contributed by atoms with van der Waals surface area (Å²) in [5.74, 6) is 0.526. The second-order valence-corrected chi connectivity index (χ2v) is 7.43. The van der Waals surface area contributed by atoms with E-state index in [2.05, 4.69) is 38.8 Å². The Hall–Kier alpha value is -2.92. The summed E-state index contributed by atoms with van der Waals surface area (Å²) in [4.78, 5) is 17.1. The Morgan fingerprint density at radius 1 is 1.38 bits per heavy atom. The molecule has 0 saturated heterocycles. The topological polar surface area (TPSA) is 116 Å². The van der Waals surface area contributed by atoms with E-state index in [1.54, 1.807) is 12.3 Å². The van der Waals surface area contributed by atoms with Gasteiger partial charge in [0.05, 0.1) is 29.9 Å². The first-order chi connectivity index (χ1) is 14.1. The van der Waals surface area contributed by atoms with Crippen molar-refractivity contribution in [1.82, 2.24) is 20.5 Å². The van der Waals surface area contributed by atoms with Crippen LogP contribution in [0.5, 0.6) is 0 Å². The van der Waals surface area contributed by atoms with Gasteiger partial charge < -0.3 is 15.4 Å². The summed E-state index contributed by atoms with van der Waals surface area (Å²) >= 11 is 0. The summed E-state index contributed by atoms with van der Waals surface area (Å²) in [6, 6.07) is 7.65. The Bertz CT molecular complexity index is 845. The van der Waals surface area contributed by atoms with Crippen molar-refractivity contribution in [3.63, 3.8) is 0 Å². The molecule has 29 heavy (non-hydrogen) atoms. The number of hydrogen-bond acceptors (Lipinski definition) is 6. The summed E-state index contributed by atoms with van der Waals surface area (Å²) in [5, 5.41) is 22.5. The molecule has 1 amide bonds. The van der Waals surface area contributed by atoms with Gasteiger partial charge in [-0.15, -0.1) is 0 Å². The Morgan fingerprint density at radius 2 is 2.24 bits per heavy atom. The number of nitrogens with zero attached hydrogens (tertiary/aromatic N) is 3. The lowest BCUT2D eigenvalue weighted by Gasteiger charge is -2.36. The molecule has 0 radical (unpaired) electrons. The number of pyridine rings is 1. The molecule has 2 heterocycles. The SMILES string of the molecule is CCCO[C@@H]1C[C@@H](C(=O)NCc2ccn[nH]2)CC[C@H]1Nc1nc(C)ccc1C#N. The zero-order chi connectivity index (χ0) is 20.6. The number of ether oxygens (including phenoxy) is 1. The lowest BCUT2D eigenvalue weighted by atomic mass is 9.83. The standard InChI is InChI=1S/C21H28N6O2/c1-3-10-29-19-11-15(21(28)23-13-17-8-9-24-27-17)6-7-18(19)26-20-16(12-22)5-4-14(2)25-20/h4-5,8-9,15,18-19H,3,6-7,10-11,13H2,1-2H3,(H,23,28)(H,24,27)(H,25,26)/t15-,18+,19+/m0/s1. The van der Waals surface area contributed by atoms with Crippen LogP contribution in [0, 0.1) is 24.2 Å². The fourth-order valence-electron chi connectivity index (χ4n) is 3.63. The number of hydrogen-bond donors (Lipinski definition) is 3. The number of nitrogens with one attached hydrogen (secondary N) is 3. The molecule has 3 atom stereocenters. The highest BCUT2D eigenvalue weighted by Gasteiger charge is 2.35. The van der Waals surface area contributed by atoms with Gasteiger partial charge in [-0.05, 0) is 50.8 Å². The van der Waals surface area contributed by atoms with Crippen LogP contribution < -0.4 is 10.6 Å². The van der Waals surface area contributed by atoms with E-state index in [9.17, 15) is 10.1 Å². The molecule has 1 fully saturated rings. The molecular weight excluding hydrogens is 368 g/mol. The molecular formula is C21H28N6O2. The number of anilines is 1. The molecule has 0 spiro atoms. The maximum Gasteiger partial charge on any atom is 0.223 e. The number of aryl methyl sites for hydroxylation is 1. The van der Waals surface area contributed by atoms with Gasteiger partial charge in [0.25, 0.3) is 0 Å². The summed E-state index contributed by atoms with van der Waals surface area (Å²) in [6.07, 6.45) is 4.64. The Morgan fingerprint density at radius 3 is 2.97 bits per heavy atom. The number of rotatable bonds is 8. The molecule has 0 aromatic carbocycles. The monoisotopic (exact) mass is 396 g/mol. The predicted octanol–water partition coefficient (Wildman–Crippen LogP) is 2.68. The van der Waals surface area contributed by atoms with E-state index in [1.807, 2.05) is 19.1 Å². The van der Waals surface area contributed by atoms with Crippen LogP contribution in [0.3, 0.4) is 0 Å². The highest BCUT2D eigenvalue weighted by atomic mass is 16.5. The Balaban J connectivity index is 1.64. The van der Waals surface area contributed by atoms with Gasteiger partial charge >= 0.3 is 0 Å². The number of nitriles is 1. The molecule has 1 aliphatic carbocycles. The van der Waals surface area contributed by atoms with Crippen LogP contribution in [0.15, 0.2) is 24.4 Å². The maximum absolute atomic E-state index is 12.6. The van der Waals surface area contributed by atoms with E-state index in [1.165, 1.54) is 0 Å². The first-order valence-electron chi connectivity index (χ1n) is 10.1. The van der Waals surface area contributed by atoms with Crippen molar-refractivity contribution in [3.8, 4) is 6.07 Å². The minimum atomic E-state index is -0.111. The van der Waals surface area contributed by atoms with Gasteiger partial charge in [0, 0.05) is 24.4 Å². The van der Waals surface area contributed by atoms with Gasteiger partial charge in [0.2, 0.25) is 5.91 Å². The van der Waals surface area contributed by atoms with E-state index in [0.717, 1.165) is 30.7 Å². The summed E-state index contributed by atoms with van der Waals surface area (Å²) < 4.78 is 6.08. The average Bonchev–Trinajstić information content (AvgIpc) is 3.25. The molecule has 0 aliphatic heterocycles. The van der Waals surface area contributed by atoms with Crippen LogP contribution in [0.1, 0.15) is 49.6 Å². The molecule has 0 bridgehead atoms. The number of H-pyrrole nitrogens is 1. The van der Waals surface area contributed by atoms with Crippen molar-refractivity contribution in [3.05, 3.63) is 41.3 Å². The summed E-state index contributed by atoms with van der Waals surface area (Å²) in [7, 11) is 0. The third-order valence-electron chi connectivity index (χ3n) is 5.19. The molecule has 0 unspecified atom stereocenters. The number of aromatic amines is 1. The number of aromatic nitrogens is 3. The molecule has 1 saturated carbocycles. The highest BCUT2D eigenvalue weighted by molar-refractivity contribution is 5.78. The third-order valence-corrected chi connectivity index (χ3v) is 5.19. The largest absolute Gasteiger partial charge is 0.376 e. The molecule has 154 valence electrons. The van der Waals surface area contributed by atoms with E-state index >= 15 is 0 Å². The molecule has 1 aliphatic rings. The van der Waals surface area contributed by atoms with Crippen molar-refractivity contribution in [2.24, 2.45) is 5.92 Å². The fourth-order valence-corrected chi connectivity index (χ4v) is 3.63. The highest BCUT2D eigenvalue weighted by Crippen LogP contribution is 2.30. The first kappa shape index (κ1) is 20.8. The Kier molecular flexibility index (Phi) is 7.19. The van der Waals surface area contributed by atoms with Crippen LogP contribution in [-0.4, -0.2) is 39.8 Å². The van der Waals surface area contributed by atoms with E-state index in [-0.39, 0.29) is 24.0 Å². The fraction of sp³-hybridized carbons (Fsp3) is 0.524. The van der Waals surface area contributed by atoms with Gasteiger partial charge in [-0.1, -0.05) is 6.92 Å².